The van der Waals surface area contributed by atoms with Gasteiger partial charge in [0, 0.05) is 22.0 Å². The van der Waals surface area contributed by atoms with E-state index in [4.69, 9.17) is 4.42 Å². The van der Waals surface area contributed by atoms with Gasteiger partial charge in [0.05, 0.1) is 5.69 Å². The highest BCUT2D eigenvalue weighted by Gasteiger charge is 2.15. The van der Waals surface area contributed by atoms with Crippen molar-refractivity contribution in [3.05, 3.63) is 158 Å². The molecular weight excluding hydrogens is 534 g/mol. The van der Waals surface area contributed by atoms with Crippen LogP contribution in [-0.4, -0.2) is 0 Å². The van der Waals surface area contributed by atoms with E-state index in [2.05, 4.69) is 163 Å². The highest BCUT2D eigenvalue weighted by molar-refractivity contribution is 6.20. The van der Waals surface area contributed by atoms with Crippen molar-refractivity contribution in [1.82, 2.24) is 0 Å². The van der Waals surface area contributed by atoms with Crippen molar-refractivity contribution in [2.75, 3.05) is 5.32 Å². The molecule has 1 N–H and O–H groups in total. The lowest BCUT2D eigenvalue weighted by Crippen LogP contribution is -1.94. The van der Waals surface area contributed by atoms with Crippen LogP contribution in [0.1, 0.15) is 0 Å². The van der Waals surface area contributed by atoms with Crippen LogP contribution in [0.4, 0.5) is 11.4 Å². The first kappa shape index (κ1) is 24.7. The van der Waals surface area contributed by atoms with E-state index in [1.807, 2.05) is 0 Å². The summed E-state index contributed by atoms with van der Waals surface area (Å²) in [4.78, 5) is 0. The summed E-state index contributed by atoms with van der Waals surface area (Å²) in [6, 6.07) is 56.3. The van der Waals surface area contributed by atoms with Crippen molar-refractivity contribution in [3.63, 3.8) is 0 Å². The van der Waals surface area contributed by atoms with E-state index in [1.54, 1.807) is 0 Å². The van der Waals surface area contributed by atoms with E-state index in [0.717, 1.165) is 38.9 Å². The number of rotatable bonds is 4. The minimum atomic E-state index is 0.869. The summed E-state index contributed by atoms with van der Waals surface area (Å²) in [5.74, 6) is 0. The van der Waals surface area contributed by atoms with Crippen molar-refractivity contribution in [1.29, 1.82) is 0 Å². The summed E-state index contributed by atoms with van der Waals surface area (Å²) in [6.45, 7) is 0. The third kappa shape index (κ3) is 4.04. The van der Waals surface area contributed by atoms with Crippen LogP contribution >= 0.6 is 0 Å². The number of para-hydroxylation sites is 2. The van der Waals surface area contributed by atoms with E-state index in [-0.39, 0.29) is 0 Å². The van der Waals surface area contributed by atoms with Crippen molar-refractivity contribution < 1.29 is 4.42 Å². The number of nitrogens with one attached hydrogen (secondary N) is 1. The van der Waals surface area contributed by atoms with E-state index < -0.39 is 0 Å². The Morgan fingerprint density at radius 3 is 1.80 bits per heavy atom. The van der Waals surface area contributed by atoms with Gasteiger partial charge in [-0.1, -0.05) is 121 Å². The molecule has 1 heterocycles. The van der Waals surface area contributed by atoms with Crippen LogP contribution in [0.25, 0.3) is 76.5 Å². The number of anilines is 2. The SMILES string of the molecule is c1ccc(-c2ccc3cc(-c4ccc5ccccc5c4)ccc3c2)c(Nc2cccc3c2oc2ccc4ccccc4c23)c1. The minimum Gasteiger partial charge on any atom is -0.454 e. The zero-order valence-corrected chi connectivity index (χ0v) is 23.9. The maximum Gasteiger partial charge on any atom is 0.158 e. The van der Waals surface area contributed by atoms with Crippen molar-refractivity contribution in [2.45, 2.75) is 0 Å². The predicted octanol–water partition coefficient (Wildman–Crippen LogP) is 12.1. The molecule has 9 rings (SSSR count). The van der Waals surface area contributed by atoms with Gasteiger partial charge in [0.15, 0.2) is 5.58 Å². The van der Waals surface area contributed by atoms with E-state index in [1.165, 1.54) is 49.0 Å². The molecule has 0 aliphatic heterocycles. The van der Waals surface area contributed by atoms with Crippen LogP contribution in [0.3, 0.4) is 0 Å². The Bertz CT molecular complexity index is 2540. The van der Waals surface area contributed by atoms with Crippen molar-refractivity contribution >= 4 is 65.6 Å². The van der Waals surface area contributed by atoms with E-state index >= 15 is 0 Å². The molecule has 0 spiro atoms. The molecule has 0 saturated carbocycles. The molecule has 0 radical (unpaired) electrons. The second kappa shape index (κ2) is 9.86. The Kier molecular flexibility index (Phi) is 5.54. The van der Waals surface area contributed by atoms with Crippen molar-refractivity contribution in [3.8, 4) is 22.3 Å². The first-order valence-corrected chi connectivity index (χ1v) is 15.0. The lowest BCUT2D eigenvalue weighted by atomic mass is 9.96. The Morgan fingerprint density at radius 1 is 0.386 bits per heavy atom. The molecule has 0 amide bonds. The predicted molar refractivity (Wildman–Crippen MR) is 187 cm³/mol. The van der Waals surface area contributed by atoms with Crippen LogP contribution < -0.4 is 5.32 Å². The fourth-order valence-corrected chi connectivity index (χ4v) is 6.62. The summed E-state index contributed by atoms with van der Waals surface area (Å²) in [5.41, 5.74) is 8.54. The van der Waals surface area contributed by atoms with Crippen molar-refractivity contribution in [2.24, 2.45) is 0 Å². The maximum absolute atomic E-state index is 6.48. The molecule has 0 atom stereocenters. The molecule has 2 nitrogen and oxygen atoms in total. The van der Waals surface area contributed by atoms with Gasteiger partial charge in [0.2, 0.25) is 0 Å². The molecule has 2 heteroatoms. The molecule has 0 aliphatic carbocycles. The number of hydrogen-bond donors (Lipinski definition) is 1. The maximum atomic E-state index is 6.48. The number of benzene rings is 8. The molecule has 206 valence electrons. The third-order valence-corrected chi connectivity index (χ3v) is 8.82. The topological polar surface area (TPSA) is 25.2 Å². The summed E-state index contributed by atoms with van der Waals surface area (Å²) >= 11 is 0. The fraction of sp³-hybridized carbons (Fsp3) is 0. The van der Waals surface area contributed by atoms with Gasteiger partial charge in [-0.2, -0.15) is 0 Å². The standard InChI is InChI=1S/C42H27NO/c1-2-10-29-24-30(17-16-27(29)8-1)31-18-19-33-26-34(21-20-32(33)25-31)35-11-5-6-14-38(35)43-39-15-7-13-37-41-36-12-4-3-9-28(36)22-23-40(41)44-42(37)39/h1-26,43H. The highest BCUT2D eigenvalue weighted by atomic mass is 16.3. The van der Waals surface area contributed by atoms with Gasteiger partial charge < -0.3 is 9.73 Å². The molecule has 0 fully saturated rings. The molecule has 0 unspecified atom stereocenters. The Labute approximate surface area is 254 Å². The largest absolute Gasteiger partial charge is 0.454 e. The van der Waals surface area contributed by atoms with Gasteiger partial charge in [-0.3, -0.25) is 0 Å². The van der Waals surface area contributed by atoms with Crippen LogP contribution in [-0.2, 0) is 0 Å². The number of fused-ring (bicyclic) bond motifs is 7. The molecule has 44 heavy (non-hydrogen) atoms. The number of furan rings is 1. The average Bonchev–Trinajstić information content (AvgIpc) is 3.48. The monoisotopic (exact) mass is 561 g/mol. The Balaban J connectivity index is 1.10. The van der Waals surface area contributed by atoms with Crippen LogP contribution in [0.15, 0.2) is 162 Å². The molecule has 8 aromatic carbocycles. The summed E-state index contributed by atoms with van der Waals surface area (Å²) in [6.07, 6.45) is 0. The fourth-order valence-electron chi connectivity index (χ4n) is 6.62. The van der Waals surface area contributed by atoms with Gasteiger partial charge in [-0.15, -0.1) is 0 Å². The van der Waals surface area contributed by atoms with Gasteiger partial charge in [0.25, 0.3) is 0 Å². The lowest BCUT2D eigenvalue weighted by molar-refractivity contribution is 0.670. The van der Waals surface area contributed by atoms with Crippen LogP contribution in [0, 0.1) is 0 Å². The van der Waals surface area contributed by atoms with Crippen LogP contribution in [0.2, 0.25) is 0 Å². The number of hydrogen-bond acceptors (Lipinski definition) is 2. The Morgan fingerprint density at radius 2 is 0.955 bits per heavy atom. The molecule has 1 aromatic heterocycles. The smallest absolute Gasteiger partial charge is 0.158 e. The quantitative estimate of drug-likeness (QED) is 0.231. The first-order chi connectivity index (χ1) is 21.8. The summed E-state index contributed by atoms with van der Waals surface area (Å²) in [5, 5.41) is 13.4. The van der Waals surface area contributed by atoms with E-state index in [9.17, 15) is 0 Å². The highest BCUT2D eigenvalue weighted by Crippen LogP contribution is 2.40. The van der Waals surface area contributed by atoms with Crippen LogP contribution in [0.5, 0.6) is 0 Å². The van der Waals surface area contributed by atoms with Gasteiger partial charge in [0.1, 0.15) is 5.58 Å². The zero-order chi connectivity index (χ0) is 29.0. The first-order valence-electron chi connectivity index (χ1n) is 15.0. The molecule has 0 saturated heterocycles. The minimum absolute atomic E-state index is 0.869. The summed E-state index contributed by atoms with van der Waals surface area (Å²) < 4.78 is 6.48. The Hall–Kier alpha value is -5.86. The summed E-state index contributed by atoms with van der Waals surface area (Å²) in [7, 11) is 0. The zero-order valence-electron chi connectivity index (χ0n) is 23.9. The molecule has 0 bridgehead atoms. The third-order valence-electron chi connectivity index (χ3n) is 8.82. The lowest BCUT2D eigenvalue weighted by Gasteiger charge is -2.14. The van der Waals surface area contributed by atoms with Gasteiger partial charge >= 0.3 is 0 Å². The van der Waals surface area contributed by atoms with E-state index in [0.29, 0.717) is 0 Å². The molecular formula is C42H27NO. The molecule has 9 aromatic rings. The average molecular weight is 562 g/mol. The normalized spacial score (nSPS) is 11.6. The van der Waals surface area contributed by atoms with Gasteiger partial charge in [-0.05, 0) is 85.4 Å². The van der Waals surface area contributed by atoms with Gasteiger partial charge in [-0.25, -0.2) is 0 Å². The second-order valence-electron chi connectivity index (χ2n) is 11.5. The molecule has 0 aliphatic rings. The second-order valence-corrected chi connectivity index (χ2v) is 11.5.